The van der Waals surface area contributed by atoms with Crippen LogP contribution in [0.5, 0.6) is 0 Å². The summed E-state index contributed by atoms with van der Waals surface area (Å²) in [6, 6.07) is 6.24. The third-order valence-electron chi connectivity index (χ3n) is 2.32. The van der Waals surface area contributed by atoms with E-state index < -0.39 is 29.5 Å². The van der Waals surface area contributed by atoms with E-state index in [0.717, 1.165) is 3.57 Å². The number of carbonyl (C=O) groups excluding carboxylic acids is 1. The molecular formula is C11H12Cl2INO3. The molecule has 4 nitrogen and oxygen atoms in total. The van der Waals surface area contributed by atoms with Crippen molar-refractivity contribution >= 4 is 51.7 Å². The van der Waals surface area contributed by atoms with E-state index in [-0.39, 0.29) is 0 Å². The Morgan fingerprint density at radius 1 is 1.33 bits per heavy atom. The van der Waals surface area contributed by atoms with E-state index in [4.69, 9.17) is 23.2 Å². The topological polar surface area (TPSA) is 69.6 Å². The van der Waals surface area contributed by atoms with Crippen LogP contribution in [0.25, 0.3) is 0 Å². The molecule has 0 aliphatic heterocycles. The van der Waals surface area contributed by atoms with E-state index in [1.165, 1.54) is 0 Å². The number of amides is 1. The van der Waals surface area contributed by atoms with Crippen molar-refractivity contribution < 1.29 is 15.0 Å². The molecule has 0 spiro atoms. The molecule has 100 valence electrons. The maximum absolute atomic E-state index is 11.3. The zero-order valence-corrected chi connectivity index (χ0v) is 12.9. The number of nitrogens with one attached hydrogen (secondary N) is 1. The molecule has 0 radical (unpaired) electrons. The largest absolute Gasteiger partial charge is 0.394 e. The van der Waals surface area contributed by atoms with Gasteiger partial charge in [-0.1, -0.05) is 35.3 Å². The van der Waals surface area contributed by atoms with Gasteiger partial charge < -0.3 is 15.5 Å². The van der Waals surface area contributed by atoms with E-state index in [2.05, 4.69) is 27.9 Å². The number of alkyl halides is 2. The van der Waals surface area contributed by atoms with E-state index in [9.17, 15) is 15.0 Å². The fraction of sp³-hybridized carbons (Fsp3) is 0.364. The Bertz CT molecular complexity index is 400. The van der Waals surface area contributed by atoms with Crippen molar-refractivity contribution in [3.8, 4) is 0 Å². The second kappa shape index (κ2) is 7.49. The fourth-order valence-corrected chi connectivity index (χ4v) is 1.85. The summed E-state index contributed by atoms with van der Waals surface area (Å²) in [5.74, 6) is -0.651. The highest BCUT2D eigenvalue weighted by atomic mass is 127. The monoisotopic (exact) mass is 403 g/mol. The van der Waals surface area contributed by atoms with Gasteiger partial charge in [-0.2, -0.15) is 0 Å². The molecule has 3 N–H and O–H groups in total. The van der Waals surface area contributed by atoms with Crippen LogP contribution in [0.3, 0.4) is 0 Å². The molecule has 0 aliphatic carbocycles. The summed E-state index contributed by atoms with van der Waals surface area (Å²) in [6.45, 7) is -0.417. The van der Waals surface area contributed by atoms with Gasteiger partial charge in [-0.3, -0.25) is 4.79 Å². The van der Waals surface area contributed by atoms with Gasteiger partial charge in [0.15, 0.2) is 4.84 Å². The number of hydrogen-bond donors (Lipinski definition) is 3. The Kier molecular flexibility index (Phi) is 6.65. The van der Waals surface area contributed by atoms with Crippen molar-refractivity contribution in [1.29, 1.82) is 0 Å². The molecule has 0 aliphatic rings. The minimum Gasteiger partial charge on any atom is -0.394 e. The van der Waals surface area contributed by atoms with E-state index >= 15 is 0 Å². The van der Waals surface area contributed by atoms with Gasteiger partial charge in [0.25, 0.3) is 5.91 Å². The minimum absolute atomic E-state index is 0.417. The Labute approximate surface area is 128 Å². The van der Waals surface area contributed by atoms with Gasteiger partial charge in [-0.15, -0.1) is 0 Å². The quantitative estimate of drug-likeness (QED) is 0.516. The minimum atomic E-state index is -1.23. The van der Waals surface area contributed by atoms with Crippen LogP contribution in [-0.4, -0.2) is 33.6 Å². The van der Waals surface area contributed by atoms with Crippen molar-refractivity contribution in [3.05, 3.63) is 33.4 Å². The lowest BCUT2D eigenvalue weighted by molar-refractivity contribution is -0.121. The molecule has 0 heterocycles. The van der Waals surface area contributed by atoms with Gasteiger partial charge in [-0.05, 0) is 40.3 Å². The van der Waals surface area contributed by atoms with Crippen molar-refractivity contribution in [2.24, 2.45) is 0 Å². The molecule has 0 saturated heterocycles. The van der Waals surface area contributed by atoms with Crippen LogP contribution in [0.1, 0.15) is 11.7 Å². The summed E-state index contributed by atoms with van der Waals surface area (Å²) in [7, 11) is 0. The Morgan fingerprint density at radius 2 is 1.89 bits per heavy atom. The zero-order chi connectivity index (χ0) is 13.7. The lowest BCUT2D eigenvalue weighted by Gasteiger charge is -2.22. The summed E-state index contributed by atoms with van der Waals surface area (Å²) in [5.41, 5.74) is 0.593. The lowest BCUT2D eigenvalue weighted by atomic mass is 10.0. The second-order valence-electron chi connectivity index (χ2n) is 3.59. The van der Waals surface area contributed by atoms with Crippen molar-refractivity contribution in [1.82, 2.24) is 5.32 Å². The average molecular weight is 404 g/mol. The zero-order valence-electron chi connectivity index (χ0n) is 9.19. The van der Waals surface area contributed by atoms with Gasteiger partial charge in [0.2, 0.25) is 0 Å². The normalized spacial score (nSPS) is 14.3. The first-order valence-electron chi connectivity index (χ1n) is 5.08. The average Bonchev–Trinajstić information content (AvgIpc) is 2.35. The number of rotatable bonds is 5. The predicted molar refractivity (Wildman–Crippen MR) is 78.6 cm³/mol. The first kappa shape index (κ1) is 16.0. The maximum Gasteiger partial charge on any atom is 0.253 e. The highest BCUT2D eigenvalue weighted by molar-refractivity contribution is 14.1. The molecule has 1 amide bonds. The summed E-state index contributed by atoms with van der Waals surface area (Å²) >= 11 is 12.9. The molecule has 0 unspecified atom stereocenters. The SMILES string of the molecule is O=C(N[C@@H](CO)[C@@H](O)c1ccc(I)cc1)C(Cl)Cl. The molecule has 0 saturated carbocycles. The summed E-state index contributed by atoms with van der Waals surface area (Å²) in [5, 5.41) is 21.6. The molecule has 1 aromatic rings. The van der Waals surface area contributed by atoms with E-state index in [0.29, 0.717) is 5.56 Å². The molecule has 0 fully saturated rings. The van der Waals surface area contributed by atoms with Gasteiger partial charge >= 0.3 is 0 Å². The number of benzene rings is 1. The fourth-order valence-electron chi connectivity index (χ4n) is 1.36. The van der Waals surface area contributed by atoms with Crippen LogP contribution in [0.15, 0.2) is 24.3 Å². The standard InChI is InChI=1S/C11H12Cl2INO3/c12-10(13)11(18)15-8(5-16)9(17)6-1-3-7(14)4-2-6/h1-4,8-10,16-17H,5H2,(H,15,18)/t8-,9-/m0/s1. The second-order valence-corrected chi connectivity index (χ2v) is 5.94. The Hall–Kier alpha value is -0.0800. The number of carbonyl (C=O) groups is 1. The Morgan fingerprint density at radius 3 is 2.33 bits per heavy atom. The van der Waals surface area contributed by atoms with Crippen LogP contribution in [-0.2, 0) is 4.79 Å². The highest BCUT2D eigenvalue weighted by Crippen LogP contribution is 2.18. The highest BCUT2D eigenvalue weighted by Gasteiger charge is 2.24. The first-order chi connectivity index (χ1) is 8.45. The maximum atomic E-state index is 11.3. The van der Waals surface area contributed by atoms with Crippen molar-refractivity contribution in [2.45, 2.75) is 17.0 Å². The van der Waals surface area contributed by atoms with Crippen LogP contribution >= 0.6 is 45.8 Å². The Balaban J connectivity index is 2.75. The van der Waals surface area contributed by atoms with Gasteiger partial charge in [-0.25, -0.2) is 0 Å². The third-order valence-corrected chi connectivity index (χ3v) is 3.43. The predicted octanol–water partition coefficient (Wildman–Crippen LogP) is 1.61. The number of aliphatic hydroxyl groups excluding tert-OH is 2. The van der Waals surface area contributed by atoms with Crippen LogP contribution in [0.4, 0.5) is 0 Å². The molecule has 7 heteroatoms. The van der Waals surface area contributed by atoms with Gasteiger partial charge in [0.05, 0.1) is 12.6 Å². The van der Waals surface area contributed by atoms with Crippen molar-refractivity contribution in [3.63, 3.8) is 0 Å². The van der Waals surface area contributed by atoms with Crippen molar-refractivity contribution in [2.75, 3.05) is 6.61 Å². The molecule has 18 heavy (non-hydrogen) atoms. The van der Waals surface area contributed by atoms with E-state index in [1.54, 1.807) is 12.1 Å². The molecule has 1 aromatic carbocycles. The van der Waals surface area contributed by atoms with Crippen LogP contribution in [0.2, 0.25) is 0 Å². The van der Waals surface area contributed by atoms with Gasteiger partial charge in [0, 0.05) is 3.57 Å². The molecule has 1 rings (SSSR count). The lowest BCUT2D eigenvalue weighted by Crippen LogP contribution is -2.44. The number of aliphatic hydroxyl groups is 2. The van der Waals surface area contributed by atoms with Crippen LogP contribution in [0, 0.1) is 3.57 Å². The molecule has 0 bridgehead atoms. The summed E-state index contributed by atoms with van der Waals surface area (Å²) in [4.78, 5) is 10.1. The van der Waals surface area contributed by atoms with E-state index in [1.807, 2.05) is 12.1 Å². The molecular weight excluding hydrogens is 392 g/mol. The van der Waals surface area contributed by atoms with Crippen LogP contribution < -0.4 is 5.32 Å². The molecule has 0 aromatic heterocycles. The molecule has 2 atom stereocenters. The summed E-state index contributed by atoms with van der Waals surface area (Å²) in [6.07, 6.45) is -1.02. The summed E-state index contributed by atoms with van der Waals surface area (Å²) < 4.78 is 1.02. The smallest absolute Gasteiger partial charge is 0.253 e. The van der Waals surface area contributed by atoms with Gasteiger partial charge in [0.1, 0.15) is 6.10 Å². The number of halogens is 3. The number of hydrogen-bond acceptors (Lipinski definition) is 3. The third kappa shape index (κ3) is 4.55. The first-order valence-corrected chi connectivity index (χ1v) is 7.03.